The van der Waals surface area contributed by atoms with Crippen LogP contribution in [0.1, 0.15) is 36.9 Å². The molecule has 1 aliphatic heterocycles. The number of ether oxygens (including phenoxy) is 1. The van der Waals surface area contributed by atoms with E-state index in [2.05, 4.69) is 37.6 Å². The van der Waals surface area contributed by atoms with Gasteiger partial charge in [-0.2, -0.15) is 0 Å². The van der Waals surface area contributed by atoms with Gasteiger partial charge in [0.15, 0.2) is 0 Å². The Kier molecular flexibility index (Phi) is 10.3. The van der Waals surface area contributed by atoms with Crippen LogP contribution in [0, 0.1) is 11.6 Å². The number of carboxylic acids is 1. The number of nitrogens with zero attached hydrogens (tertiary/aromatic N) is 4. The van der Waals surface area contributed by atoms with Crippen molar-refractivity contribution in [2.75, 3.05) is 43.4 Å². The van der Waals surface area contributed by atoms with E-state index < -0.39 is 23.6 Å². The van der Waals surface area contributed by atoms with Gasteiger partial charge in [0.2, 0.25) is 0 Å². The molecule has 0 saturated heterocycles. The molecule has 0 saturated carbocycles. The molecule has 0 bridgehead atoms. The Labute approximate surface area is 249 Å². The third-order valence-electron chi connectivity index (χ3n) is 7.42. The molecule has 0 spiro atoms. The molecule has 2 aromatic heterocycles. The highest BCUT2D eigenvalue weighted by molar-refractivity contribution is 5.78. The second-order valence-corrected chi connectivity index (χ2v) is 10.7. The maximum atomic E-state index is 13.6. The molecule has 0 amide bonds. The molecule has 0 radical (unpaired) electrons. The molecule has 5 rings (SSSR count). The van der Waals surface area contributed by atoms with Gasteiger partial charge in [-0.25, -0.2) is 23.5 Å². The molecule has 226 valence electrons. The largest absolute Gasteiger partial charge is 0.492 e. The minimum atomic E-state index is -0.992. The van der Waals surface area contributed by atoms with E-state index in [1.54, 1.807) is 0 Å². The van der Waals surface area contributed by atoms with Crippen LogP contribution in [0.15, 0.2) is 60.8 Å². The number of anilines is 2. The monoisotopic (exact) mass is 590 g/mol. The summed E-state index contributed by atoms with van der Waals surface area (Å²) in [6, 6.07) is 13.8. The van der Waals surface area contributed by atoms with Gasteiger partial charge in [-0.1, -0.05) is 18.2 Å². The molecular weight excluding hydrogens is 554 g/mol. The number of aryl methyl sites for hydroxylation is 2. The van der Waals surface area contributed by atoms with Gasteiger partial charge in [-0.15, -0.1) is 0 Å². The van der Waals surface area contributed by atoms with Crippen LogP contribution in [0.25, 0.3) is 11.0 Å². The predicted molar refractivity (Wildman–Crippen MR) is 161 cm³/mol. The van der Waals surface area contributed by atoms with Crippen LogP contribution in [-0.2, 0) is 17.6 Å². The Balaban J connectivity index is 1.17. The fraction of sp³-hybridized carbons (Fsp3) is 0.375. The molecular formula is C32H36F2N6O3. The van der Waals surface area contributed by atoms with E-state index in [1.165, 1.54) is 11.8 Å². The summed E-state index contributed by atoms with van der Waals surface area (Å²) in [6.07, 6.45) is 6.61. The van der Waals surface area contributed by atoms with Crippen molar-refractivity contribution in [2.45, 2.75) is 44.6 Å². The van der Waals surface area contributed by atoms with Gasteiger partial charge in [0, 0.05) is 43.5 Å². The zero-order valence-electron chi connectivity index (χ0n) is 23.9. The third kappa shape index (κ3) is 8.81. The lowest BCUT2D eigenvalue weighted by Gasteiger charge is -2.24. The maximum absolute atomic E-state index is 13.6. The number of unbranched alkanes of at least 4 members (excludes halogenated alkanes) is 1. The van der Waals surface area contributed by atoms with Crippen molar-refractivity contribution >= 4 is 28.6 Å². The number of fused-ring (bicyclic) bond motifs is 2. The molecule has 4 aromatic rings. The van der Waals surface area contributed by atoms with Gasteiger partial charge < -0.3 is 20.5 Å². The highest BCUT2D eigenvalue weighted by Gasteiger charge is 2.20. The van der Waals surface area contributed by atoms with Crippen molar-refractivity contribution in [1.82, 2.24) is 19.9 Å². The van der Waals surface area contributed by atoms with Crippen LogP contribution in [0.4, 0.5) is 20.4 Å². The van der Waals surface area contributed by atoms with E-state index >= 15 is 0 Å². The molecule has 3 N–H and O–H groups in total. The first-order chi connectivity index (χ1) is 20.9. The molecule has 11 heteroatoms. The summed E-state index contributed by atoms with van der Waals surface area (Å²) < 4.78 is 32.8. The van der Waals surface area contributed by atoms with Crippen LogP contribution in [0.5, 0.6) is 5.75 Å². The SMILES string of the molecule is O=C(O)[C@H](CCN(CCCCc1ccc2c(n1)NCCC2)CCOc1cc(F)cc(F)c1)Nc1cnc2ccccc2n1. The summed E-state index contributed by atoms with van der Waals surface area (Å²) in [5, 5.41) is 16.3. The van der Waals surface area contributed by atoms with Gasteiger partial charge in [-0.05, 0) is 68.8 Å². The molecule has 0 unspecified atom stereocenters. The van der Waals surface area contributed by atoms with Gasteiger partial charge >= 0.3 is 5.97 Å². The van der Waals surface area contributed by atoms with E-state index in [-0.39, 0.29) is 12.4 Å². The van der Waals surface area contributed by atoms with Crippen LogP contribution >= 0.6 is 0 Å². The summed E-state index contributed by atoms with van der Waals surface area (Å²) in [6.45, 7) is 2.77. The normalized spacial score (nSPS) is 13.4. The molecule has 0 fully saturated rings. The van der Waals surface area contributed by atoms with Crippen molar-refractivity contribution in [3.8, 4) is 5.75 Å². The lowest BCUT2D eigenvalue weighted by molar-refractivity contribution is -0.138. The number of carboxylic acid groups (broad SMARTS) is 1. The number of para-hydroxylation sites is 2. The molecule has 9 nitrogen and oxygen atoms in total. The van der Waals surface area contributed by atoms with E-state index in [4.69, 9.17) is 9.72 Å². The highest BCUT2D eigenvalue weighted by atomic mass is 19.1. The number of aromatic nitrogens is 3. The average Bonchev–Trinajstić information content (AvgIpc) is 3.00. The first kappa shape index (κ1) is 30.1. The van der Waals surface area contributed by atoms with E-state index in [1.807, 2.05) is 24.3 Å². The van der Waals surface area contributed by atoms with Gasteiger partial charge in [0.05, 0.1) is 17.2 Å². The molecule has 43 heavy (non-hydrogen) atoms. The number of aliphatic carboxylic acids is 1. The summed E-state index contributed by atoms with van der Waals surface area (Å²) in [7, 11) is 0. The Morgan fingerprint density at radius 2 is 1.84 bits per heavy atom. The average molecular weight is 591 g/mol. The minimum Gasteiger partial charge on any atom is -0.492 e. The maximum Gasteiger partial charge on any atom is 0.326 e. The Morgan fingerprint density at radius 1 is 1.02 bits per heavy atom. The van der Waals surface area contributed by atoms with Crippen LogP contribution in [-0.4, -0.2) is 69.8 Å². The number of pyridine rings is 1. The Morgan fingerprint density at radius 3 is 2.65 bits per heavy atom. The zero-order valence-corrected chi connectivity index (χ0v) is 23.9. The lowest BCUT2D eigenvalue weighted by atomic mass is 10.1. The second kappa shape index (κ2) is 14.7. The summed E-state index contributed by atoms with van der Waals surface area (Å²) in [5.41, 5.74) is 3.71. The predicted octanol–water partition coefficient (Wildman–Crippen LogP) is 5.32. The second-order valence-electron chi connectivity index (χ2n) is 10.7. The van der Waals surface area contributed by atoms with E-state index in [9.17, 15) is 18.7 Å². The number of halogens is 2. The first-order valence-corrected chi connectivity index (χ1v) is 14.7. The third-order valence-corrected chi connectivity index (χ3v) is 7.42. The van der Waals surface area contributed by atoms with Crippen molar-refractivity contribution in [3.63, 3.8) is 0 Å². The van der Waals surface area contributed by atoms with Crippen molar-refractivity contribution in [3.05, 3.63) is 83.7 Å². The van der Waals surface area contributed by atoms with Gasteiger partial charge in [-0.3, -0.25) is 9.88 Å². The van der Waals surface area contributed by atoms with Gasteiger partial charge in [0.25, 0.3) is 0 Å². The number of nitrogens with one attached hydrogen (secondary N) is 2. The fourth-order valence-electron chi connectivity index (χ4n) is 5.16. The van der Waals surface area contributed by atoms with E-state index in [0.29, 0.717) is 37.4 Å². The van der Waals surface area contributed by atoms with Crippen LogP contribution < -0.4 is 15.4 Å². The van der Waals surface area contributed by atoms with Crippen LogP contribution in [0.2, 0.25) is 0 Å². The lowest BCUT2D eigenvalue weighted by Crippen LogP contribution is -2.37. The summed E-state index contributed by atoms with van der Waals surface area (Å²) in [4.78, 5) is 27.9. The van der Waals surface area contributed by atoms with Crippen molar-refractivity contribution in [2.24, 2.45) is 0 Å². The standard InChI is InChI=1S/C32H36F2N6O3/c33-23-18-24(34)20-26(19-23)43-17-16-40(14-4-3-7-25-11-10-22-6-5-13-35-31(22)37-25)15-12-29(32(41)42)39-30-21-36-27-8-1-2-9-28(27)38-30/h1-2,8-11,18-21,29H,3-7,12-17H2,(H,35,37)(H,38,39)(H,41,42)/t29-/m0/s1. The van der Waals surface area contributed by atoms with Crippen LogP contribution in [0.3, 0.4) is 0 Å². The number of benzene rings is 2. The summed E-state index contributed by atoms with van der Waals surface area (Å²) in [5.74, 6) is -0.909. The minimum absolute atomic E-state index is 0.115. The number of hydrogen-bond donors (Lipinski definition) is 3. The molecule has 0 aliphatic carbocycles. The highest BCUT2D eigenvalue weighted by Crippen LogP contribution is 2.21. The zero-order chi connectivity index (χ0) is 30.0. The molecule has 2 aromatic carbocycles. The topological polar surface area (TPSA) is 112 Å². The smallest absolute Gasteiger partial charge is 0.326 e. The molecule has 1 atom stereocenters. The molecule has 3 heterocycles. The Hall–Kier alpha value is -4.38. The number of rotatable bonds is 15. The summed E-state index contributed by atoms with van der Waals surface area (Å²) >= 11 is 0. The van der Waals surface area contributed by atoms with Gasteiger partial charge in [0.1, 0.15) is 41.7 Å². The van der Waals surface area contributed by atoms with Crippen molar-refractivity contribution in [1.29, 1.82) is 0 Å². The first-order valence-electron chi connectivity index (χ1n) is 14.7. The number of hydrogen-bond acceptors (Lipinski definition) is 8. The molecule has 1 aliphatic rings. The Bertz CT molecular complexity index is 1520. The fourth-order valence-corrected chi connectivity index (χ4v) is 5.16. The van der Waals surface area contributed by atoms with E-state index in [0.717, 1.165) is 73.9 Å². The quantitative estimate of drug-likeness (QED) is 0.158. The van der Waals surface area contributed by atoms with Crippen molar-refractivity contribution < 1.29 is 23.4 Å². The number of carbonyl (C=O) groups is 1.